The lowest BCUT2D eigenvalue weighted by molar-refractivity contribution is -0.138. The summed E-state index contributed by atoms with van der Waals surface area (Å²) in [5.74, 6) is -1.74. The summed E-state index contributed by atoms with van der Waals surface area (Å²) in [6.45, 7) is 5.82. The molecule has 0 saturated carbocycles. The van der Waals surface area contributed by atoms with E-state index in [0.29, 0.717) is 18.9 Å². The number of hydrogen-bond donors (Lipinski definition) is 0. The molecule has 30 heavy (non-hydrogen) atoms. The molecule has 2 atom stereocenters. The first-order chi connectivity index (χ1) is 13.8. The third-order valence-electron chi connectivity index (χ3n) is 5.24. The summed E-state index contributed by atoms with van der Waals surface area (Å²) >= 11 is 0. The smallest absolute Gasteiger partial charge is 0.416 e. The Morgan fingerprint density at radius 2 is 1.70 bits per heavy atom. The molecule has 1 amide bonds. The summed E-state index contributed by atoms with van der Waals surface area (Å²) in [6, 6.07) is 1.47. The fraction of sp³-hybridized carbons (Fsp3) is 0.619. The van der Waals surface area contributed by atoms with Crippen molar-refractivity contribution in [2.45, 2.75) is 63.9 Å². The number of ether oxygens (including phenoxy) is 2. The molecule has 166 valence electrons. The maximum absolute atomic E-state index is 13.6. The quantitative estimate of drug-likeness (QED) is 0.667. The van der Waals surface area contributed by atoms with Crippen LogP contribution in [0.2, 0.25) is 0 Å². The number of benzene rings is 1. The Morgan fingerprint density at radius 3 is 2.23 bits per heavy atom. The van der Waals surface area contributed by atoms with Crippen molar-refractivity contribution in [3.05, 3.63) is 35.1 Å². The second kappa shape index (κ2) is 8.17. The van der Waals surface area contributed by atoms with Crippen molar-refractivity contribution in [2.75, 3.05) is 13.2 Å². The number of carbonyl (C=O) groups excluding carboxylic acids is 2. The average Bonchev–Trinajstić information content (AvgIpc) is 2.57. The minimum Gasteiger partial charge on any atom is -0.444 e. The summed E-state index contributed by atoms with van der Waals surface area (Å²) in [4.78, 5) is 27.0. The van der Waals surface area contributed by atoms with Gasteiger partial charge in [-0.15, -0.1) is 0 Å². The van der Waals surface area contributed by atoms with Gasteiger partial charge in [0.2, 0.25) is 0 Å². The van der Waals surface area contributed by atoms with Gasteiger partial charge < -0.3 is 9.47 Å². The minimum atomic E-state index is -4.69. The molecule has 0 N–H and O–H groups in total. The third-order valence-corrected chi connectivity index (χ3v) is 5.24. The van der Waals surface area contributed by atoms with Crippen molar-refractivity contribution in [3.8, 4) is 0 Å². The Labute approximate surface area is 172 Å². The van der Waals surface area contributed by atoms with Gasteiger partial charge >= 0.3 is 12.3 Å². The normalized spacial score (nSPS) is 24.5. The highest BCUT2D eigenvalue weighted by Crippen LogP contribution is 2.35. The Kier molecular flexibility index (Phi) is 6.13. The molecule has 0 aliphatic carbocycles. The van der Waals surface area contributed by atoms with Crippen LogP contribution in [0.15, 0.2) is 18.2 Å². The maximum atomic E-state index is 13.6. The summed E-state index contributed by atoms with van der Waals surface area (Å²) in [5.41, 5.74) is -1.79. The van der Waals surface area contributed by atoms with Crippen molar-refractivity contribution >= 4 is 11.9 Å². The standard InChI is InChI=1S/C21H25F4NO4/c1-20(2,3)30-19(28)26-16-7-13(8-17(26)11-29-10-16)18(27)6-12-4-14(21(23,24)25)9-15(22)5-12/h4-5,9,13,16-17H,6-8,10-11H2,1-3H3. The number of ketones is 1. The molecule has 3 rings (SSSR count). The Bertz CT molecular complexity index is 804. The van der Waals surface area contributed by atoms with Crippen LogP contribution in [0, 0.1) is 11.7 Å². The Morgan fingerprint density at radius 1 is 1.10 bits per heavy atom. The molecular formula is C21H25F4NO4. The SMILES string of the molecule is CC(C)(C)OC(=O)N1C2COCC1CC(C(=O)Cc1cc(F)cc(C(F)(F)F)c1)C2. The maximum Gasteiger partial charge on any atom is 0.416 e. The molecule has 0 radical (unpaired) electrons. The summed E-state index contributed by atoms with van der Waals surface area (Å²) in [6.07, 6.45) is -4.79. The molecule has 2 saturated heterocycles. The van der Waals surface area contributed by atoms with Crippen LogP contribution in [0.25, 0.3) is 0 Å². The molecule has 2 bridgehead atoms. The summed E-state index contributed by atoms with van der Waals surface area (Å²) < 4.78 is 63.4. The second-order valence-electron chi connectivity index (χ2n) is 8.89. The van der Waals surface area contributed by atoms with Gasteiger partial charge in [0.05, 0.1) is 30.9 Å². The van der Waals surface area contributed by atoms with Crippen LogP contribution in [0.4, 0.5) is 22.4 Å². The fourth-order valence-corrected chi connectivity index (χ4v) is 4.05. The van der Waals surface area contributed by atoms with Gasteiger partial charge in [-0.25, -0.2) is 9.18 Å². The lowest BCUT2D eigenvalue weighted by Crippen LogP contribution is -2.60. The van der Waals surface area contributed by atoms with Gasteiger partial charge in [0, 0.05) is 12.3 Å². The molecule has 2 aliphatic heterocycles. The first kappa shape index (κ1) is 22.5. The molecule has 2 fully saturated rings. The molecule has 2 heterocycles. The first-order valence-electron chi connectivity index (χ1n) is 9.82. The van der Waals surface area contributed by atoms with E-state index in [2.05, 4.69) is 0 Å². The van der Waals surface area contributed by atoms with Crippen LogP contribution in [0.1, 0.15) is 44.7 Å². The van der Waals surface area contributed by atoms with E-state index in [0.717, 1.165) is 12.1 Å². The number of piperidine rings is 1. The number of alkyl halides is 3. The van der Waals surface area contributed by atoms with Gasteiger partial charge in [-0.3, -0.25) is 9.69 Å². The number of fused-ring (bicyclic) bond motifs is 2. The van der Waals surface area contributed by atoms with Crippen LogP contribution >= 0.6 is 0 Å². The van der Waals surface area contributed by atoms with E-state index < -0.39 is 35.2 Å². The van der Waals surface area contributed by atoms with Gasteiger partial charge in [-0.05, 0) is 57.4 Å². The molecule has 2 aliphatic rings. The number of morpholine rings is 1. The number of halogens is 4. The molecule has 9 heteroatoms. The topological polar surface area (TPSA) is 55.8 Å². The van der Waals surface area contributed by atoms with Crippen molar-refractivity contribution < 1.29 is 36.6 Å². The molecule has 1 aromatic carbocycles. The first-order valence-corrected chi connectivity index (χ1v) is 9.82. The van der Waals surface area contributed by atoms with Gasteiger partial charge in [0.25, 0.3) is 0 Å². The summed E-state index contributed by atoms with van der Waals surface area (Å²) in [5, 5.41) is 0. The fourth-order valence-electron chi connectivity index (χ4n) is 4.05. The molecule has 0 aromatic heterocycles. The van der Waals surface area contributed by atoms with Gasteiger partial charge in [0.15, 0.2) is 0 Å². The lowest BCUT2D eigenvalue weighted by Gasteiger charge is -2.47. The van der Waals surface area contributed by atoms with Crippen molar-refractivity contribution in [1.82, 2.24) is 4.90 Å². The van der Waals surface area contributed by atoms with E-state index in [1.165, 1.54) is 0 Å². The van der Waals surface area contributed by atoms with E-state index in [9.17, 15) is 27.2 Å². The van der Waals surface area contributed by atoms with Gasteiger partial charge in [-0.1, -0.05) is 0 Å². The highest BCUT2D eigenvalue weighted by Gasteiger charge is 2.45. The van der Waals surface area contributed by atoms with Crippen molar-refractivity contribution in [1.29, 1.82) is 0 Å². The molecule has 1 aromatic rings. The van der Waals surface area contributed by atoms with E-state index >= 15 is 0 Å². The number of nitrogens with zero attached hydrogens (tertiary/aromatic N) is 1. The molecule has 0 spiro atoms. The van der Waals surface area contributed by atoms with E-state index in [1.54, 1.807) is 25.7 Å². The third kappa shape index (κ3) is 5.30. The molecule has 2 unspecified atom stereocenters. The van der Waals surface area contributed by atoms with Crippen LogP contribution < -0.4 is 0 Å². The van der Waals surface area contributed by atoms with Gasteiger partial charge in [-0.2, -0.15) is 13.2 Å². The number of carbonyl (C=O) groups is 2. The average molecular weight is 431 g/mol. The zero-order chi connectivity index (χ0) is 22.3. The second-order valence-corrected chi connectivity index (χ2v) is 8.89. The Balaban J connectivity index is 1.71. The summed E-state index contributed by atoms with van der Waals surface area (Å²) in [7, 11) is 0. The lowest BCUT2D eigenvalue weighted by atomic mass is 9.81. The van der Waals surface area contributed by atoms with Crippen molar-refractivity contribution in [2.24, 2.45) is 5.92 Å². The highest BCUT2D eigenvalue weighted by atomic mass is 19.4. The van der Waals surface area contributed by atoms with E-state index in [4.69, 9.17) is 9.47 Å². The van der Waals surface area contributed by atoms with Crippen LogP contribution in [-0.2, 0) is 26.9 Å². The zero-order valence-corrected chi connectivity index (χ0v) is 17.1. The number of rotatable bonds is 3. The molecule has 5 nitrogen and oxygen atoms in total. The Hall–Kier alpha value is -2.16. The van der Waals surface area contributed by atoms with Crippen LogP contribution in [0.5, 0.6) is 0 Å². The van der Waals surface area contributed by atoms with Crippen LogP contribution in [-0.4, -0.2) is 47.7 Å². The van der Waals surface area contributed by atoms with E-state index in [-0.39, 0.29) is 43.1 Å². The number of amides is 1. The number of Topliss-reactive ketones (excluding diaryl/α,β-unsaturated/α-hetero) is 1. The highest BCUT2D eigenvalue weighted by molar-refractivity contribution is 5.84. The predicted molar refractivity (Wildman–Crippen MR) is 99.3 cm³/mol. The van der Waals surface area contributed by atoms with Gasteiger partial charge in [0.1, 0.15) is 17.2 Å². The predicted octanol–water partition coefficient (Wildman–Crippen LogP) is 4.37. The number of hydrogen-bond acceptors (Lipinski definition) is 4. The van der Waals surface area contributed by atoms with Crippen LogP contribution in [0.3, 0.4) is 0 Å². The minimum absolute atomic E-state index is 0.0108. The monoisotopic (exact) mass is 431 g/mol. The van der Waals surface area contributed by atoms with Crippen molar-refractivity contribution in [3.63, 3.8) is 0 Å². The zero-order valence-electron chi connectivity index (χ0n) is 17.1. The molecular weight excluding hydrogens is 406 g/mol. The largest absolute Gasteiger partial charge is 0.444 e. The van der Waals surface area contributed by atoms with E-state index in [1.807, 2.05) is 0 Å².